The van der Waals surface area contributed by atoms with Crippen molar-refractivity contribution in [3.63, 3.8) is 0 Å². The van der Waals surface area contributed by atoms with Gasteiger partial charge in [-0.05, 0) is 73.7 Å². The SMILES string of the molecule is Cc1cccc(-c2nn(-c3ccccc3)cc2/C=N\NC(=O)c2ccc(NS(=O)(=O)c3ccc(Cl)cc3)cc2)c1. The van der Waals surface area contributed by atoms with Crippen LogP contribution in [0.5, 0.6) is 0 Å². The molecule has 0 fully saturated rings. The molecule has 1 heterocycles. The molecule has 5 aromatic rings. The fourth-order valence-electron chi connectivity index (χ4n) is 3.95. The summed E-state index contributed by atoms with van der Waals surface area (Å²) < 4.78 is 29.4. The lowest BCUT2D eigenvalue weighted by Gasteiger charge is -2.08. The smallest absolute Gasteiger partial charge is 0.271 e. The van der Waals surface area contributed by atoms with Crippen LogP contribution in [-0.2, 0) is 10.0 Å². The van der Waals surface area contributed by atoms with E-state index in [1.54, 1.807) is 10.9 Å². The van der Waals surface area contributed by atoms with E-state index in [-0.39, 0.29) is 4.90 Å². The molecule has 8 nitrogen and oxygen atoms in total. The lowest BCUT2D eigenvalue weighted by Crippen LogP contribution is -2.18. The Morgan fingerprint density at radius 1 is 0.925 bits per heavy atom. The minimum absolute atomic E-state index is 0.0775. The number of para-hydroxylation sites is 1. The minimum Gasteiger partial charge on any atom is -0.280 e. The summed E-state index contributed by atoms with van der Waals surface area (Å²) in [5.74, 6) is -0.448. The van der Waals surface area contributed by atoms with Crippen LogP contribution in [0.2, 0.25) is 5.02 Å². The third kappa shape index (κ3) is 6.28. The lowest BCUT2D eigenvalue weighted by atomic mass is 10.1. The normalized spacial score (nSPS) is 11.4. The molecular weight excluding hydrogens is 546 g/mol. The Labute approximate surface area is 237 Å². The van der Waals surface area contributed by atoms with Gasteiger partial charge < -0.3 is 0 Å². The Morgan fingerprint density at radius 3 is 2.35 bits per heavy atom. The third-order valence-corrected chi connectivity index (χ3v) is 7.60. The van der Waals surface area contributed by atoms with Crippen LogP contribution in [0.15, 0.2) is 119 Å². The van der Waals surface area contributed by atoms with E-state index in [4.69, 9.17) is 16.7 Å². The van der Waals surface area contributed by atoms with Crippen LogP contribution in [0.25, 0.3) is 16.9 Å². The third-order valence-electron chi connectivity index (χ3n) is 5.95. The van der Waals surface area contributed by atoms with Crippen molar-refractivity contribution >= 4 is 39.4 Å². The van der Waals surface area contributed by atoms with E-state index in [1.165, 1.54) is 48.5 Å². The number of benzene rings is 4. The maximum atomic E-state index is 12.7. The highest BCUT2D eigenvalue weighted by Crippen LogP contribution is 2.24. The number of halogens is 1. The highest BCUT2D eigenvalue weighted by Gasteiger charge is 2.15. The number of anilines is 1. The van der Waals surface area contributed by atoms with Crippen LogP contribution in [0.3, 0.4) is 0 Å². The number of carbonyl (C=O) groups is 1. The first kappa shape index (κ1) is 26.9. The zero-order valence-corrected chi connectivity index (χ0v) is 22.9. The summed E-state index contributed by atoms with van der Waals surface area (Å²) in [4.78, 5) is 12.8. The second-order valence-corrected chi connectivity index (χ2v) is 11.0. The minimum atomic E-state index is -3.80. The molecule has 10 heteroatoms. The Kier molecular flexibility index (Phi) is 7.77. The van der Waals surface area contributed by atoms with E-state index in [1.807, 2.05) is 67.7 Å². The maximum absolute atomic E-state index is 12.7. The van der Waals surface area contributed by atoms with Gasteiger partial charge in [0.2, 0.25) is 0 Å². The van der Waals surface area contributed by atoms with Crippen LogP contribution >= 0.6 is 11.6 Å². The highest BCUT2D eigenvalue weighted by molar-refractivity contribution is 7.92. The van der Waals surface area contributed by atoms with Crippen LogP contribution in [-0.4, -0.2) is 30.3 Å². The molecule has 40 heavy (non-hydrogen) atoms. The number of amides is 1. The van der Waals surface area contributed by atoms with Crippen molar-refractivity contribution in [1.29, 1.82) is 0 Å². The van der Waals surface area contributed by atoms with Gasteiger partial charge in [0, 0.05) is 33.6 Å². The van der Waals surface area contributed by atoms with E-state index in [0.29, 0.717) is 16.3 Å². The molecule has 0 spiro atoms. The standard InChI is InChI=1S/C30H24ClN5O3S/c1-21-6-5-7-23(18-21)29-24(20-36(34-29)27-8-3-2-4-9-27)19-32-33-30(37)22-10-14-26(15-11-22)35-40(38,39)28-16-12-25(31)13-17-28/h2-20,35H,1H3,(H,33,37)/b32-19-. The second kappa shape index (κ2) is 11.6. The van der Waals surface area contributed by atoms with Gasteiger partial charge in [-0.1, -0.05) is 53.6 Å². The quantitative estimate of drug-likeness (QED) is 0.175. The predicted octanol–water partition coefficient (Wildman–Crippen LogP) is 6.07. The van der Waals surface area contributed by atoms with Crippen LogP contribution in [0, 0.1) is 6.92 Å². The fourth-order valence-corrected chi connectivity index (χ4v) is 5.14. The number of nitrogens with zero attached hydrogens (tertiary/aromatic N) is 3. The van der Waals surface area contributed by atoms with Crippen molar-refractivity contribution in [1.82, 2.24) is 15.2 Å². The number of hydrogen-bond acceptors (Lipinski definition) is 5. The number of carbonyl (C=O) groups excluding carboxylic acids is 1. The van der Waals surface area contributed by atoms with Gasteiger partial charge in [0.25, 0.3) is 15.9 Å². The van der Waals surface area contributed by atoms with Gasteiger partial charge in [0.05, 0.1) is 16.8 Å². The zero-order valence-electron chi connectivity index (χ0n) is 21.3. The predicted molar refractivity (Wildman–Crippen MR) is 157 cm³/mol. The molecule has 0 atom stereocenters. The summed E-state index contributed by atoms with van der Waals surface area (Å²) in [5, 5.41) is 9.36. The van der Waals surface area contributed by atoms with Gasteiger partial charge in [-0.25, -0.2) is 18.5 Å². The molecule has 0 aliphatic rings. The molecule has 200 valence electrons. The number of nitrogens with one attached hydrogen (secondary N) is 2. The summed E-state index contributed by atoms with van der Waals surface area (Å²) >= 11 is 5.84. The fraction of sp³-hybridized carbons (Fsp3) is 0.0333. The summed E-state index contributed by atoms with van der Waals surface area (Å²) in [6.07, 6.45) is 3.40. The molecule has 0 unspecified atom stereocenters. The van der Waals surface area contributed by atoms with Crippen molar-refractivity contribution in [2.75, 3.05) is 4.72 Å². The average Bonchev–Trinajstić information content (AvgIpc) is 3.38. The van der Waals surface area contributed by atoms with Gasteiger partial charge in [-0.2, -0.15) is 10.2 Å². The Balaban J connectivity index is 1.31. The van der Waals surface area contributed by atoms with E-state index < -0.39 is 15.9 Å². The van der Waals surface area contributed by atoms with Crippen LogP contribution < -0.4 is 10.1 Å². The molecular formula is C30H24ClN5O3S. The average molecular weight is 570 g/mol. The number of rotatable bonds is 8. The Hall–Kier alpha value is -4.73. The molecule has 4 aromatic carbocycles. The molecule has 0 bridgehead atoms. The molecule has 0 saturated carbocycles. The number of hydrogen-bond donors (Lipinski definition) is 2. The summed E-state index contributed by atoms with van der Waals surface area (Å²) in [6, 6.07) is 29.6. The largest absolute Gasteiger partial charge is 0.280 e. The highest BCUT2D eigenvalue weighted by atomic mass is 35.5. The number of sulfonamides is 1. The monoisotopic (exact) mass is 569 g/mol. The molecule has 1 aromatic heterocycles. The van der Waals surface area contributed by atoms with Gasteiger partial charge >= 0.3 is 0 Å². The van der Waals surface area contributed by atoms with Crippen molar-refractivity contribution in [2.24, 2.45) is 5.10 Å². The lowest BCUT2D eigenvalue weighted by molar-refractivity contribution is 0.0955. The van der Waals surface area contributed by atoms with E-state index in [9.17, 15) is 13.2 Å². The van der Waals surface area contributed by atoms with Crippen molar-refractivity contribution in [3.05, 3.63) is 131 Å². The van der Waals surface area contributed by atoms with Crippen LogP contribution in [0.4, 0.5) is 5.69 Å². The van der Waals surface area contributed by atoms with Gasteiger partial charge in [0.1, 0.15) is 5.69 Å². The van der Waals surface area contributed by atoms with Gasteiger partial charge in [0.15, 0.2) is 0 Å². The zero-order chi connectivity index (χ0) is 28.1. The first-order valence-corrected chi connectivity index (χ1v) is 14.1. The Bertz CT molecular complexity index is 1780. The van der Waals surface area contributed by atoms with Crippen molar-refractivity contribution in [3.8, 4) is 16.9 Å². The molecule has 1 amide bonds. The summed E-state index contributed by atoms with van der Waals surface area (Å²) in [6.45, 7) is 2.01. The first-order valence-electron chi connectivity index (χ1n) is 12.2. The maximum Gasteiger partial charge on any atom is 0.271 e. The van der Waals surface area contributed by atoms with Crippen LogP contribution in [0.1, 0.15) is 21.5 Å². The van der Waals surface area contributed by atoms with E-state index in [0.717, 1.165) is 28.1 Å². The molecule has 0 aliphatic carbocycles. The summed E-state index contributed by atoms with van der Waals surface area (Å²) in [5.41, 5.74) is 7.52. The second-order valence-electron chi connectivity index (χ2n) is 8.92. The Morgan fingerprint density at radius 2 is 1.65 bits per heavy atom. The molecule has 0 saturated heterocycles. The van der Waals surface area contributed by atoms with Gasteiger partial charge in [-0.15, -0.1) is 0 Å². The first-order chi connectivity index (χ1) is 19.3. The number of aromatic nitrogens is 2. The number of aryl methyl sites for hydroxylation is 1. The molecule has 5 rings (SSSR count). The van der Waals surface area contributed by atoms with Crippen molar-refractivity contribution in [2.45, 2.75) is 11.8 Å². The van der Waals surface area contributed by atoms with Gasteiger partial charge in [-0.3, -0.25) is 9.52 Å². The molecule has 0 aliphatic heterocycles. The summed E-state index contributed by atoms with van der Waals surface area (Å²) in [7, 11) is -3.80. The van der Waals surface area contributed by atoms with E-state index >= 15 is 0 Å². The molecule has 2 N–H and O–H groups in total. The molecule has 0 radical (unpaired) electrons. The van der Waals surface area contributed by atoms with E-state index in [2.05, 4.69) is 15.2 Å². The number of hydrazone groups is 1. The topological polar surface area (TPSA) is 105 Å². The van der Waals surface area contributed by atoms with Crippen molar-refractivity contribution < 1.29 is 13.2 Å².